The van der Waals surface area contributed by atoms with E-state index in [1.165, 1.54) is 5.56 Å². The molecule has 0 spiro atoms. The molecule has 0 bridgehead atoms. The molecule has 1 aromatic rings. The summed E-state index contributed by atoms with van der Waals surface area (Å²) in [7, 11) is 1.71. The van der Waals surface area contributed by atoms with E-state index in [1.807, 2.05) is 18.2 Å². The number of methoxy groups -OCH3 is 1. The van der Waals surface area contributed by atoms with Gasteiger partial charge in [-0.15, -0.1) is 0 Å². The first kappa shape index (κ1) is 11.5. The van der Waals surface area contributed by atoms with Gasteiger partial charge in [0.1, 0.15) is 5.75 Å². The van der Waals surface area contributed by atoms with E-state index in [2.05, 4.69) is 13.0 Å². The summed E-state index contributed by atoms with van der Waals surface area (Å²) in [6.07, 6.45) is 3.83. The molecule has 1 aliphatic carbocycles. The van der Waals surface area contributed by atoms with Crippen LogP contribution in [0.5, 0.6) is 5.75 Å². The van der Waals surface area contributed by atoms with Crippen molar-refractivity contribution in [2.24, 2.45) is 5.41 Å². The largest absolute Gasteiger partial charge is 0.496 e. The second-order valence-electron chi connectivity index (χ2n) is 5.20. The van der Waals surface area contributed by atoms with Crippen molar-refractivity contribution in [2.75, 3.05) is 7.11 Å². The molecular weight excluding hydrogens is 200 g/mol. The molecule has 0 saturated heterocycles. The Bertz CT molecular complexity index is 362. The maximum atomic E-state index is 9.64. The van der Waals surface area contributed by atoms with Gasteiger partial charge in [-0.2, -0.15) is 0 Å². The van der Waals surface area contributed by atoms with Crippen LogP contribution in [0.3, 0.4) is 0 Å². The Kier molecular flexibility index (Phi) is 3.20. The molecule has 0 radical (unpaired) electrons. The fourth-order valence-electron chi connectivity index (χ4n) is 2.76. The van der Waals surface area contributed by atoms with E-state index in [0.29, 0.717) is 0 Å². The third kappa shape index (κ3) is 2.38. The molecule has 0 aliphatic heterocycles. The van der Waals surface area contributed by atoms with Crippen LogP contribution in [0.2, 0.25) is 0 Å². The minimum Gasteiger partial charge on any atom is -0.496 e. The Morgan fingerprint density at radius 3 is 2.81 bits per heavy atom. The molecule has 2 atom stereocenters. The molecule has 88 valence electrons. The number of rotatable bonds is 3. The van der Waals surface area contributed by atoms with Crippen molar-refractivity contribution in [2.45, 2.75) is 38.7 Å². The van der Waals surface area contributed by atoms with Gasteiger partial charge >= 0.3 is 0 Å². The molecular formula is C14H20O2. The monoisotopic (exact) mass is 220 g/mol. The highest BCUT2D eigenvalue weighted by Gasteiger charge is 2.34. The molecule has 2 unspecified atom stereocenters. The van der Waals surface area contributed by atoms with Crippen LogP contribution in [-0.2, 0) is 6.42 Å². The lowest BCUT2D eigenvalue weighted by molar-refractivity contribution is 0.163. The third-order valence-electron chi connectivity index (χ3n) is 3.62. The second kappa shape index (κ2) is 4.46. The molecule has 0 aromatic heterocycles. The summed E-state index contributed by atoms with van der Waals surface area (Å²) in [4.78, 5) is 0. The normalized spacial score (nSPS) is 29.3. The Labute approximate surface area is 97.3 Å². The number of para-hydroxylation sites is 1. The van der Waals surface area contributed by atoms with Crippen molar-refractivity contribution in [3.63, 3.8) is 0 Å². The van der Waals surface area contributed by atoms with Gasteiger partial charge in [-0.05, 0) is 42.7 Å². The Hall–Kier alpha value is -1.02. The lowest BCUT2D eigenvalue weighted by Gasteiger charge is -2.24. The standard InChI is InChI=1S/C14H20O2/c1-14(8-7-12(15)10-14)9-11-5-3-4-6-13(11)16-2/h3-6,12,15H,7-10H2,1-2H3. The number of hydrogen-bond donors (Lipinski definition) is 1. The molecule has 0 heterocycles. The maximum Gasteiger partial charge on any atom is 0.122 e. The van der Waals surface area contributed by atoms with Crippen LogP contribution in [0.1, 0.15) is 31.7 Å². The van der Waals surface area contributed by atoms with Gasteiger partial charge in [0.2, 0.25) is 0 Å². The Morgan fingerprint density at radius 2 is 2.19 bits per heavy atom. The highest BCUT2D eigenvalue weighted by Crippen LogP contribution is 2.41. The van der Waals surface area contributed by atoms with E-state index < -0.39 is 0 Å². The zero-order valence-electron chi connectivity index (χ0n) is 10.1. The maximum absolute atomic E-state index is 9.64. The number of benzene rings is 1. The average molecular weight is 220 g/mol. The molecule has 1 saturated carbocycles. The van der Waals surface area contributed by atoms with Crippen LogP contribution in [-0.4, -0.2) is 18.3 Å². The van der Waals surface area contributed by atoms with E-state index in [1.54, 1.807) is 7.11 Å². The van der Waals surface area contributed by atoms with Crippen LogP contribution in [0.25, 0.3) is 0 Å². The predicted molar refractivity (Wildman–Crippen MR) is 64.7 cm³/mol. The summed E-state index contributed by atoms with van der Waals surface area (Å²) in [5.74, 6) is 0.963. The summed E-state index contributed by atoms with van der Waals surface area (Å²) in [6.45, 7) is 2.26. The van der Waals surface area contributed by atoms with Crippen LogP contribution in [0, 0.1) is 5.41 Å². The fraction of sp³-hybridized carbons (Fsp3) is 0.571. The van der Waals surface area contributed by atoms with Gasteiger partial charge in [0.25, 0.3) is 0 Å². The zero-order valence-corrected chi connectivity index (χ0v) is 10.1. The van der Waals surface area contributed by atoms with Gasteiger partial charge in [0.05, 0.1) is 13.2 Å². The minimum atomic E-state index is -0.111. The fourth-order valence-corrected chi connectivity index (χ4v) is 2.76. The predicted octanol–water partition coefficient (Wildman–Crippen LogP) is 2.79. The van der Waals surface area contributed by atoms with E-state index in [9.17, 15) is 5.11 Å². The van der Waals surface area contributed by atoms with Crippen molar-refractivity contribution in [1.29, 1.82) is 0 Å². The highest BCUT2D eigenvalue weighted by molar-refractivity contribution is 5.34. The second-order valence-corrected chi connectivity index (χ2v) is 5.20. The molecule has 1 aromatic carbocycles. The number of hydrogen-bond acceptors (Lipinski definition) is 2. The molecule has 2 nitrogen and oxygen atoms in total. The average Bonchev–Trinajstić information content (AvgIpc) is 2.59. The number of ether oxygens (including phenoxy) is 1. The van der Waals surface area contributed by atoms with Crippen molar-refractivity contribution < 1.29 is 9.84 Å². The molecule has 1 fully saturated rings. The summed E-state index contributed by atoms with van der Waals surface area (Å²) in [5, 5.41) is 9.64. The molecule has 2 heteroatoms. The first-order valence-electron chi connectivity index (χ1n) is 5.93. The van der Waals surface area contributed by atoms with Crippen LogP contribution < -0.4 is 4.74 Å². The SMILES string of the molecule is COc1ccccc1CC1(C)CCC(O)C1. The zero-order chi connectivity index (χ0) is 11.6. The minimum absolute atomic E-state index is 0.111. The molecule has 16 heavy (non-hydrogen) atoms. The third-order valence-corrected chi connectivity index (χ3v) is 3.62. The van der Waals surface area contributed by atoms with E-state index in [-0.39, 0.29) is 11.5 Å². The van der Waals surface area contributed by atoms with Crippen LogP contribution >= 0.6 is 0 Å². The van der Waals surface area contributed by atoms with E-state index in [4.69, 9.17) is 4.74 Å². The first-order valence-corrected chi connectivity index (χ1v) is 5.93. The topological polar surface area (TPSA) is 29.5 Å². The smallest absolute Gasteiger partial charge is 0.122 e. The van der Waals surface area contributed by atoms with Crippen molar-refractivity contribution in [1.82, 2.24) is 0 Å². The van der Waals surface area contributed by atoms with Crippen LogP contribution in [0.4, 0.5) is 0 Å². The van der Waals surface area contributed by atoms with Gasteiger partial charge in [-0.1, -0.05) is 25.1 Å². The lowest BCUT2D eigenvalue weighted by Crippen LogP contribution is -2.17. The van der Waals surface area contributed by atoms with Gasteiger partial charge in [0.15, 0.2) is 0 Å². The van der Waals surface area contributed by atoms with E-state index >= 15 is 0 Å². The summed E-state index contributed by atoms with van der Waals surface area (Å²) >= 11 is 0. The summed E-state index contributed by atoms with van der Waals surface area (Å²) in [6, 6.07) is 8.17. The van der Waals surface area contributed by atoms with Gasteiger partial charge in [0, 0.05) is 0 Å². The first-order chi connectivity index (χ1) is 7.63. The summed E-state index contributed by atoms with van der Waals surface area (Å²) in [5.41, 5.74) is 1.48. The van der Waals surface area contributed by atoms with Crippen molar-refractivity contribution in [3.05, 3.63) is 29.8 Å². The quantitative estimate of drug-likeness (QED) is 0.848. The van der Waals surface area contributed by atoms with E-state index in [0.717, 1.165) is 31.4 Å². The summed E-state index contributed by atoms with van der Waals surface area (Å²) < 4.78 is 5.36. The van der Waals surface area contributed by atoms with Crippen molar-refractivity contribution in [3.8, 4) is 5.75 Å². The Balaban J connectivity index is 2.14. The number of aliphatic hydroxyl groups excluding tert-OH is 1. The van der Waals surface area contributed by atoms with Gasteiger partial charge in [-0.3, -0.25) is 0 Å². The molecule has 1 N–H and O–H groups in total. The number of aliphatic hydroxyl groups is 1. The Morgan fingerprint density at radius 1 is 1.44 bits per heavy atom. The van der Waals surface area contributed by atoms with Gasteiger partial charge < -0.3 is 9.84 Å². The van der Waals surface area contributed by atoms with Crippen LogP contribution in [0.15, 0.2) is 24.3 Å². The molecule has 0 amide bonds. The highest BCUT2D eigenvalue weighted by atomic mass is 16.5. The molecule has 2 rings (SSSR count). The van der Waals surface area contributed by atoms with Crippen molar-refractivity contribution >= 4 is 0 Å². The molecule has 1 aliphatic rings. The van der Waals surface area contributed by atoms with Gasteiger partial charge in [-0.25, -0.2) is 0 Å². The lowest BCUT2D eigenvalue weighted by atomic mass is 9.82.